The molecule has 2 heterocycles. The molecule has 0 saturated carbocycles. The SMILES string of the molecule is O=C(c1ccc2[nH]ccc2c1)N1CCN(CCc2ccc(F)cc2)CC1. The van der Waals surface area contributed by atoms with Crippen LogP contribution in [-0.2, 0) is 6.42 Å². The minimum Gasteiger partial charge on any atom is -0.361 e. The molecule has 4 rings (SSSR count). The van der Waals surface area contributed by atoms with Gasteiger partial charge in [0.1, 0.15) is 5.82 Å². The lowest BCUT2D eigenvalue weighted by atomic mass is 10.1. The van der Waals surface area contributed by atoms with Crippen molar-refractivity contribution in [1.29, 1.82) is 0 Å². The lowest BCUT2D eigenvalue weighted by Gasteiger charge is -2.34. The Hall–Kier alpha value is -2.66. The lowest BCUT2D eigenvalue weighted by molar-refractivity contribution is 0.0638. The molecular weight excluding hydrogens is 329 g/mol. The second-order valence-electron chi connectivity index (χ2n) is 6.79. The predicted octanol–water partition coefficient (Wildman–Crippen LogP) is 3.31. The first-order valence-corrected chi connectivity index (χ1v) is 9.02. The van der Waals surface area contributed by atoms with Crippen LogP contribution >= 0.6 is 0 Å². The molecule has 1 saturated heterocycles. The first-order chi connectivity index (χ1) is 12.7. The molecule has 1 amide bonds. The normalized spacial score (nSPS) is 15.5. The number of nitrogens with zero attached hydrogens (tertiary/aromatic N) is 2. The molecule has 1 aliphatic heterocycles. The Morgan fingerprint density at radius 3 is 2.54 bits per heavy atom. The molecule has 26 heavy (non-hydrogen) atoms. The standard InChI is InChI=1S/C21H22FN3O/c22-19-4-1-16(2-5-19)8-10-24-11-13-25(14-12-24)21(26)18-3-6-20-17(15-18)7-9-23-20/h1-7,9,15,23H,8,10-14H2. The number of fused-ring (bicyclic) bond motifs is 1. The van der Waals surface area contributed by atoms with Crippen molar-refractivity contribution in [2.24, 2.45) is 0 Å². The molecule has 0 radical (unpaired) electrons. The highest BCUT2D eigenvalue weighted by Crippen LogP contribution is 2.17. The van der Waals surface area contributed by atoms with E-state index >= 15 is 0 Å². The smallest absolute Gasteiger partial charge is 0.253 e. The minimum absolute atomic E-state index is 0.103. The maximum absolute atomic E-state index is 13.0. The van der Waals surface area contributed by atoms with Crippen molar-refractivity contribution < 1.29 is 9.18 Å². The zero-order chi connectivity index (χ0) is 17.9. The molecule has 1 N–H and O–H groups in total. The van der Waals surface area contributed by atoms with Gasteiger partial charge < -0.3 is 9.88 Å². The Balaban J connectivity index is 1.31. The molecule has 0 aliphatic carbocycles. The summed E-state index contributed by atoms with van der Waals surface area (Å²) in [5, 5.41) is 1.06. The number of aromatic nitrogens is 1. The number of amides is 1. The van der Waals surface area contributed by atoms with Crippen LogP contribution in [0.4, 0.5) is 4.39 Å². The summed E-state index contributed by atoms with van der Waals surface area (Å²) < 4.78 is 13.0. The molecule has 0 atom stereocenters. The van der Waals surface area contributed by atoms with Crippen LogP contribution in [0.2, 0.25) is 0 Å². The molecular formula is C21H22FN3O. The van der Waals surface area contributed by atoms with Gasteiger partial charge in [0, 0.05) is 55.4 Å². The van der Waals surface area contributed by atoms with Crippen molar-refractivity contribution in [3.05, 3.63) is 71.7 Å². The van der Waals surface area contributed by atoms with Crippen LogP contribution in [0.1, 0.15) is 15.9 Å². The van der Waals surface area contributed by atoms with Gasteiger partial charge in [-0.05, 0) is 48.4 Å². The Labute approximate surface area is 152 Å². The van der Waals surface area contributed by atoms with E-state index in [0.29, 0.717) is 0 Å². The number of H-pyrrole nitrogens is 1. The van der Waals surface area contributed by atoms with Gasteiger partial charge in [-0.3, -0.25) is 9.69 Å². The van der Waals surface area contributed by atoms with Crippen LogP contribution in [0.3, 0.4) is 0 Å². The van der Waals surface area contributed by atoms with Gasteiger partial charge in [-0.1, -0.05) is 12.1 Å². The van der Waals surface area contributed by atoms with Crippen LogP contribution in [0.25, 0.3) is 10.9 Å². The molecule has 134 valence electrons. The summed E-state index contributed by atoms with van der Waals surface area (Å²) in [6.45, 7) is 4.17. The first-order valence-electron chi connectivity index (χ1n) is 9.02. The molecule has 2 aromatic carbocycles. The van der Waals surface area contributed by atoms with Crippen molar-refractivity contribution in [2.45, 2.75) is 6.42 Å². The Bertz CT molecular complexity index is 895. The summed E-state index contributed by atoms with van der Waals surface area (Å²) in [4.78, 5) is 20.2. The molecule has 1 aliphatic rings. The molecule has 3 aromatic rings. The summed E-state index contributed by atoms with van der Waals surface area (Å²) in [5.74, 6) is -0.0926. The average molecular weight is 351 g/mol. The van der Waals surface area contributed by atoms with Gasteiger partial charge in [0.05, 0.1) is 0 Å². The van der Waals surface area contributed by atoms with E-state index in [1.165, 1.54) is 12.1 Å². The molecule has 0 spiro atoms. The minimum atomic E-state index is -0.196. The summed E-state index contributed by atoms with van der Waals surface area (Å²) in [6.07, 6.45) is 2.79. The molecule has 5 heteroatoms. The summed E-state index contributed by atoms with van der Waals surface area (Å²) >= 11 is 0. The van der Waals surface area contributed by atoms with Gasteiger partial charge in [0.25, 0.3) is 5.91 Å². The fourth-order valence-corrected chi connectivity index (χ4v) is 3.48. The number of carbonyl (C=O) groups excluding carboxylic acids is 1. The van der Waals surface area contributed by atoms with Crippen LogP contribution in [0.15, 0.2) is 54.7 Å². The van der Waals surface area contributed by atoms with Gasteiger partial charge in [-0.25, -0.2) is 4.39 Å². The monoisotopic (exact) mass is 351 g/mol. The van der Waals surface area contributed by atoms with Crippen LogP contribution in [0.5, 0.6) is 0 Å². The van der Waals surface area contributed by atoms with E-state index in [2.05, 4.69) is 9.88 Å². The quantitative estimate of drug-likeness (QED) is 0.783. The Kier molecular flexibility index (Phi) is 4.71. The fourth-order valence-electron chi connectivity index (χ4n) is 3.48. The third-order valence-electron chi connectivity index (χ3n) is 5.09. The maximum atomic E-state index is 13.0. The largest absolute Gasteiger partial charge is 0.361 e. The van der Waals surface area contributed by atoms with Gasteiger partial charge in [0.2, 0.25) is 0 Å². The second kappa shape index (κ2) is 7.30. The predicted molar refractivity (Wildman–Crippen MR) is 101 cm³/mol. The van der Waals surface area contributed by atoms with E-state index in [0.717, 1.165) is 61.2 Å². The van der Waals surface area contributed by atoms with Crippen LogP contribution in [-0.4, -0.2) is 53.4 Å². The van der Waals surface area contributed by atoms with Crippen molar-refractivity contribution >= 4 is 16.8 Å². The second-order valence-corrected chi connectivity index (χ2v) is 6.79. The fraction of sp³-hybridized carbons (Fsp3) is 0.286. The van der Waals surface area contributed by atoms with E-state index in [-0.39, 0.29) is 11.7 Å². The van der Waals surface area contributed by atoms with Gasteiger partial charge >= 0.3 is 0 Å². The zero-order valence-corrected chi connectivity index (χ0v) is 14.6. The zero-order valence-electron chi connectivity index (χ0n) is 14.6. The molecule has 4 nitrogen and oxygen atoms in total. The number of benzene rings is 2. The molecule has 1 aromatic heterocycles. The van der Waals surface area contributed by atoms with Crippen molar-refractivity contribution in [1.82, 2.24) is 14.8 Å². The van der Waals surface area contributed by atoms with Crippen LogP contribution < -0.4 is 0 Å². The summed E-state index contributed by atoms with van der Waals surface area (Å²) in [6, 6.07) is 14.5. The summed E-state index contributed by atoms with van der Waals surface area (Å²) in [5.41, 5.74) is 2.94. The van der Waals surface area contributed by atoms with E-state index in [4.69, 9.17) is 0 Å². The number of halogens is 1. The number of aromatic amines is 1. The highest BCUT2D eigenvalue weighted by molar-refractivity contribution is 5.98. The number of hydrogen-bond acceptors (Lipinski definition) is 2. The topological polar surface area (TPSA) is 39.3 Å². The third kappa shape index (κ3) is 3.63. The molecule has 1 fully saturated rings. The number of hydrogen-bond donors (Lipinski definition) is 1. The first kappa shape index (κ1) is 16.8. The van der Waals surface area contributed by atoms with Crippen molar-refractivity contribution in [3.8, 4) is 0 Å². The highest BCUT2D eigenvalue weighted by Gasteiger charge is 2.22. The Morgan fingerprint density at radius 1 is 1.00 bits per heavy atom. The van der Waals surface area contributed by atoms with E-state index in [9.17, 15) is 9.18 Å². The average Bonchev–Trinajstić information content (AvgIpc) is 3.15. The van der Waals surface area contributed by atoms with Gasteiger partial charge in [-0.2, -0.15) is 0 Å². The molecule has 0 unspecified atom stereocenters. The van der Waals surface area contributed by atoms with E-state index < -0.39 is 0 Å². The number of carbonyl (C=O) groups is 1. The number of nitrogens with one attached hydrogen (secondary N) is 1. The summed E-state index contributed by atoms with van der Waals surface area (Å²) in [7, 11) is 0. The molecule has 0 bridgehead atoms. The van der Waals surface area contributed by atoms with E-state index in [1.54, 1.807) is 0 Å². The van der Waals surface area contributed by atoms with Crippen LogP contribution in [0, 0.1) is 5.82 Å². The van der Waals surface area contributed by atoms with Crippen molar-refractivity contribution in [2.75, 3.05) is 32.7 Å². The van der Waals surface area contributed by atoms with E-state index in [1.807, 2.05) is 47.5 Å². The Morgan fingerprint density at radius 2 is 1.77 bits per heavy atom. The third-order valence-corrected chi connectivity index (χ3v) is 5.09. The van der Waals surface area contributed by atoms with Gasteiger partial charge in [0.15, 0.2) is 0 Å². The van der Waals surface area contributed by atoms with Crippen molar-refractivity contribution in [3.63, 3.8) is 0 Å². The maximum Gasteiger partial charge on any atom is 0.253 e. The number of rotatable bonds is 4. The highest BCUT2D eigenvalue weighted by atomic mass is 19.1. The van der Waals surface area contributed by atoms with Gasteiger partial charge in [-0.15, -0.1) is 0 Å². The number of piperazine rings is 1. The lowest BCUT2D eigenvalue weighted by Crippen LogP contribution is -2.49.